The van der Waals surface area contributed by atoms with Crippen LogP contribution in [0.5, 0.6) is 0 Å². The molecule has 0 bridgehead atoms. The third kappa shape index (κ3) is 2.77. The zero-order valence-corrected chi connectivity index (χ0v) is 8.56. The average molecular weight is 189 g/mol. The average Bonchev–Trinajstić information content (AvgIpc) is 2.09. The van der Waals surface area contributed by atoms with E-state index in [1.54, 1.807) is 5.54 Å². The molecule has 3 heteroatoms. The molecule has 12 heavy (non-hydrogen) atoms. The Morgan fingerprint density at radius 3 is 3.08 bits per heavy atom. The van der Waals surface area contributed by atoms with Gasteiger partial charge in [-0.2, -0.15) is 0 Å². The molecule has 2 nitrogen and oxygen atoms in total. The van der Waals surface area contributed by atoms with Gasteiger partial charge in [-0.15, -0.1) is 0 Å². The monoisotopic (exact) mass is 188 g/mol. The van der Waals surface area contributed by atoms with Crippen LogP contribution in [-0.4, -0.2) is 37.1 Å². The van der Waals surface area contributed by atoms with Crippen molar-refractivity contribution in [3.05, 3.63) is 11.1 Å². The van der Waals surface area contributed by atoms with Gasteiger partial charge in [-0.05, 0) is 19.4 Å². The van der Waals surface area contributed by atoms with Crippen LogP contribution >= 0.6 is 11.6 Å². The van der Waals surface area contributed by atoms with E-state index in [1.807, 2.05) is 0 Å². The summed E-state index contributed by atoms with van der Waals surface area (Å²) in [5.41, 5.74) is 2.92. The van der Waals surface area contributed by atoms with Crippen molar-refractivity contribution < 1.29 is 0 Å². The third-order valence-corrected chi connectivity index (χ3v) is 2.65. The van der Waals surface area contributed by atoms with E-state index in [0.29, 0.717) is 6.04 Å². The summed E-state index contributed by atoms with van der Waals surface area (Å²) >= 11 is 5.61. The second kappa shape index (κ2) is 4.85. The SMILES string of the molecule is C/C(=C\Cl)CN1CCNC[C@H]1C. The normalized spacial score (nSPS) is 27.6. The maximum Gasteiger partial charge on any atom is 0.0205 e. The van der Waals surface area contributed by atoms with Crippen LogP contribution in [0, 0.1) is 0 Å². The molecule has 0 aliphatic carbocycles. The molecule has 1 aliphatic heterocycles. The Morgan fingerprint density at radius 2 is 2.50 bits per heavy atom. The number of halogens is 1. The highest BCUT2D eigenvalue weighted by Crippen LogP contribution is 2.06. The van der Waals surface area contributed by atoms with Gasteiger partial charge < -0.3 is 5.32 Å². The number of piperazine rings is 1. The van der Waals surface area contributed by atoms with Gasteiger partial charge in [0.1, 0.15) is 0 Å². The molecule has 0 aromatic carbocycles. The highest BCUT2D eigenvalue weighted by molar-refractivity contribution is 6.25. The van der Waals surface area contributed by atoms with Crippen LogP contribution < -0.4 is 5.32 Å². The molecular weight excluding hydrogens is 172 g/mol. The van der Waals surface area contributed by atoms with Crippen LogP contribution in [0.3, 0.4) is 0 Å². The van der Waals surface area contributed by atoms with Gasteiger partial charge in [-0.3, -0.25) is 4.90 Å². The second-order valence-corrected chi connectivity index (χ2v) is 3.70. The molecule has 0 unspecified atom stereocenters. The van der Waals surface area contributed by atoms with Crippen LogP contribution in [0.25, 0.3) is 0 Å². The van der Waals surface area contributed by atoms with Crippen molar-refractivity contribution in [3.63, 3.8) is 0 Å². The van der Waals surface area contributed by atoms with E-state index in [-0.39, 0.29) is 0 Å². The minimum atomic E-state index is 0.630. The lowest BCUT2D eigenvalue weighted by Gasteiger charge is -2.33. The van der Waals surface area contributed by atoms with Crippen molar-refractivity contribution in [3.8, 4) is 0 Å². The fourth-order valence-electron chi connectivity index (χ4n) is 1.47. The predicted molar refractivity (Wildman–Crippen MR) is 53.5 cm³/mol. The van der Waals surface area contributed by atoms with Gasteiger partial charge in [0.2, 0.25) is 0 Å². The molecule has 1 fully saturated rings. The summed E-state index contributed by atoms with van der Waals surface area (Å²) in [7, 11) is 0. The summed E-state index contributed by atoms with van der Waals surface area (Å²) in [6, 6.07) is 0.630. The van der Waals surface area contributed by atoms with Gasteiger partial charge >= 0.3 is 0 Å². The zero-order valence-electron chi connectivity index (χ0n) is 7.81. The topological polar surface area (TPSA) is 15.3 Å². The predicted octanol–water partition coefficient (Wildman–Crippen LogP) is 1.42. The summed E-state index contributed by atoms with van der Waals surface area (Å²) in [5, 5.41) is 3.36. The highest BCUT2D eigenvalue weighted by Gasteiger charge is 2.16. The molecule has 1 heterocycles. The van der Waals surface area contributed by atoms with E-state index in [4.69, 9.17) is 11.6 Å². The first-order valence-electron chi connectivity index (χ1n) is 4.44. The molecule has 0 saturated carbocycles. The number of nitrogens with zero attached hydrogens (tertiary/aromatic N) is 1. The van der Waals surface area contributed by atoms with E-state index in [2.05, 4.69) is 24.1 Å². The van der Waals surface area contributed by atoms with E-state index in [1.165, 1.54) is 5.57 Å². The molecule has 1 N–H and O–H groups in total. The lowest BCUT2D eigenvalue weighted by molar-refractivity contribution is 0.188. The molecule has 0 aromatic heterocycles. The van der Waals surface area contributed by atoms with Crippen LogP contribution in [-0.2, 0) is 0 Å². The fraction of sp³-hybridized carbons (Fsp3) is 0.778. The molecule has 0 spiro atoms. The smallest absolute Gasteiger partial charge is 0.0205 e. The lowest BCUT2D eigenvalue weighted by atomic mass is 10.2. The maximum atomic E-state index is 5.61. The number of rotatable bonds is 2. The summed E-state index contributed by atoms with van der Waals surface area (Å²) in [4.78, 5) is 2.45. The van der Waals surface area contributed by atoms with Gasteiger partial charge in [0.15, 0.2) is 0 Å². The third-order valence-electron chi connectivity index (χ3n) is 2.28. The Hall–Kier alpha value is -0.0500. The Bertz CT molecular complexity index is 168. The van der Waals surface area contributed by atoms with Crippen molar-refractivity contribution in [2.45, 2.75) is 19.9 Å². The van der Waals surface area contributed by atoms with Gasteiger partial charge in [0.25, 0.3) is 0 Å². The van der Waals surface area contributed by atoms with Gasteiger partial charge in [0, 0.05) is 37.8 Å². The standard InChI is InChI=1S/C9H17ClN2/c1-8(5-10)7-12-4-3-11-6-9(12)2/h5,9,11H,3-4,6-7H2,1-2H3/b8-5+/t9-/m1/s1. The molecular formula is C9H17ClN2. The van der Waals surface area contributed by atoms with Crippen LogP contribution in [0.1, 0.15) is 13.8 Å². The molecule has 1 rings (SSSR count). The molecule has 1 aliphatic rings. The molecule has 1 atom stereocenters. The largest absolute Gasteiger partial charge is 0.314 e. The summed E-state index contributed by atoms with van der Waals surface area (Å²) in [6.07, 6.45) is 0. The zero-order chi connectivity index (χ0) is 8.97. The van der Waals surface area contributed by atoms with Crippen LogP contribution in [0.15, 0.2) is 11.1 Å². The number of nitrogens with one attached hydrogen (secondary N) is 1. The van der Waals surface area contributed by atoms with Crippen LogP contribution in [0.2, 0.25) is 0 Å². The highest BCUT2D eigenvalue weighted by atomic mass is 35.5. The summed E-state index contributed by atoms with van der Waals surface area (Å²) in [6.45, 7) is 8.64. The first-order valence-corrected chi connectivity index (χ1v) is 4.88. The van der Waals surface area contributed by atoms with Crippen molar-refractivity contribution >= 4 is 11.6 Å². The Kier molecular flexibility index (Phi) is 4.06. The lowest BCUT2D eigenvalue weighted by Crippen LogP contribution is -2.50. The second-order valence-electron chi connectivity index (χ2n) is 3.48. The van der Waals surface area contributed by atoms with Crippen LogP contribution in [0.4, 0.5) is 0 Å². The Labute approximate surface area is 79.6 Å². The quantitative estimate of drug-likeness (QED) is 0.706. The minimum absolute atomic E-state index is 0.630. The Morgan fingerprint density at radius 1 is 1.75 bits per heavy atom. The number of hydrogen-bond acceptors (Lipinski definition) is 2. The first kappa shape index (κ1) is 10.0. The van der Waals surface area contributed by atoms with E-state index in [0.717, 1.165) is 26.2 Å². The van der Waals surface area contributed by atoms with Crippen molar-refractivity contribution in [2.75, 3.05) is 26.2 Å². The van der Waals surface area contributed by atoms with E-state index >= 15 is 0 Å². The Balaban J connectivity index is 2.39. The number of hydrogen-bond donors (Lipinski definition) is 1. The fourth-order valence-corrected chi connectivity index (χ4v) is 1.54. The molecule has 70 valence electrons. The first-order chi connectivity index (χ1) is 5.74. The van der Waals surface area contributed by atoms with Crippen molar-refractivity contribution in [1.82, 2.24) is 10.2 Å². The summed E-state index contributed by atoms with van der Waals surface area (Å²) < 4.78 is 0. The van der Waals surface area contributed by atoms with Gasteiger partial charge in [-0.1, -0.05) is 11.6 Å². The molecule has 0 aromatic rings. The molecule has 0 radical (unpaired) electrons. The van der Waals surface area contributed by atoms with Gasteiger partial charge in [0.05, 0.1) is 0 Å². The van der Waals surface area contributed by atoms with E-state index < -0.39 is 0 Å². The maximum absolute atomic E-state index is 5.61. The van der Waals surface area contributed by atoms with Crippen molar-refractivity contribution in [1.29, 1.82) is 0 Å². The minimum Gasteiger partial charge on any atom is -0.314 e. The van der Waals surface area contributed by atoms with Gasteiger partial charge in [-0.25, -0.2) is 0 Å². The van der Waals surface area contributed by atoms with E-state index in [9.17, 15) is 0 Å². The molecule has 1 saturated heterocycles. The molecule has 0 amide bonds. The van der Waals surface area contributed by atoms with Crippen molar-refractivity contribution in [2.24, 2.45) is 0 Å². The summed E-state index contributed by atoms with van der Waals surface area (Å²) in [5.74, 6) is 0.